The van der Waals surface area contributed by atoms with Crippen molar-refractivity contribution >= 4 is 17.7 Å². The molecule has 7 atom stereocenters. The third kappa shape index (κ3) is 3.44. The highest BCUT2D eigenvalue weighted by molar-refractivity contribution is 5.92. The molecule has 2 fully saturated rings. The van der Waals surface area contributed by atoms with Gasteiger partial charge in [-0.1, -0.05) is 26.0 Å². The minimum absolute atomic E-state index is 0.0494. The average molecular weight is 415 g/mol. The van der Waals surface area contributed by atoms with Gasteiger partial charge in [-0.15, -0.1) is 0 Å². The summed E-state index contributed by atoms with van der Waals surface area (Å²) in [6.45, 7) is 7.66. The fourth-order valence-electron chi connectivity index (χ4n) is 7.29. The number of allylic oxidation sites excluding steroid dienone is 4. The normalized spacial score (nSPS) is 40.5. The van der Waals surface area contributed by atoms with Crippen molar-refractivity contribution in [2.75, 3.05) is 6.61 Å². The van der Waals surface area contributed by atoms with E-state index in [4.69, 9.17) is 9.47 Å². The molecule has 0 aromatic heterocycles. The van der Waals surface area contributed by atoms with Gasteiger partial charge in [0.15, 0.2) is 5.78 Å². The van der Waals surface area contributed by atoms with Gasteiger partial charge in [-0.3, -0.25) is 14.4 Å². The zero-order valence-electron chi connectivity index (χ0n) is 18.6. The predicted molar refractivity (Wildman–Crippen MR) is 112 cm³/mol. The number of hydrogen-bond donors (Lipinski definition) is 0. The maximum absolute atomic E-state index is 12.0. The van der Waals surface area contributed by atoms with E-state index in [1.165, 1.54) is 19.4 Å². The van der Waals surface area contributed by atoms with Gasteiger partial charge < -0.3 is 9.47 Å². The summed E-state index contributed by atoms with van der Waals surface area (Å²) < 4.78 is 10.9. The van der Waals surface area contributed by atoms with Crippen molar-refractivity contribution in [2.45, 2.75) is 72.3 Å². The molecule has 0 bridgehead atoms. The number of esters is 2. The van der Waals surface area contributed by atoms with Gasteiger partial charge in [0.2, 0.25) is 0 Å². The quantitative estimate of drug-likeness (QED) is 0.638. The zero-order valence-corrected chi connectivity index (χ0v) is 18.6. The van der Waals surface area contributed by atoms with Gasteiger partial charge in [-0.25, -0.2) is 0 Å². The molecule has 0 spiro atoms. The van der Waals surface area contributed by atoms with Gasteiger partial charge in [0.1, 0.15) is 12.7 Å². The lowest BCUT2D eigenvalue weighted by atomic mass is 9.48. The van der Waals surface area contributed by atoms with Crippen LogP contribution in [0.2, 0.25) is 0 Å². The Balaban J connectivity index is 1.61. The molecule has 30 heavy (non-hydrogen) atoms. The van der Waals surface area contributed by atoms with Crippen LogP contribution in [0.5, 0.6) is 0 Å². The Bertz CT molecular complexity index is 810. The van der Waals surface area contributed by atoms with Crippen molar-refractivity contribution in [1.29, 1.82) is 0 Å². The topological polar surface area (TPSA) is 69.7 Å². The van der Waals surface area contributed by atoms with Gasteiger partial charge in [-0.2, -0.15) is 0 Å². The van der Waals surface area contributed by atoms with Crippen molar-refractivity contribution < 1.29 is 23.9 Å². The van der Waals surface area contributed by atoms with Gasteiger partial charge in [-0.05, 0) is 72.3 Å². The van der Waals surface area contributed by atoms with Crippen molar-refractivity contribution in [3.8, 4) is 0 Å². The number of carbonyl (C=O) groups is 3. The van der Waals surface area contributed by atoms with Crippen molar-refractivity contribution in [2.24, 2.45) is 34.5 Å². The van der Waals surface area contributed by atoms with Crippen LogP contribution < -0.4 is 0 Å². The number of ether oxygens (including phenoxy) is 2. The third-order valence-corrected chi connectivity index (χ3v) is 8.81. The predicted octanol–water partition coefficient (Wildman–Crippen LogP) is 4.41. The molecule has 0 heterocycles. The first-order chi connectivity index (χ1) is 14.1. The van der Waals surface area contributed by atoms with E-state index in [9.17, 15) is 14.4 Å². The van der Waals surface area contributed by atoms with Crippen LogP contribution in [0.3, 0.4) is 0 Å². The van der Waals surface area contributed by atoms with Crippen LogP contribution in [0.1, 0.15) is 66.2 Å². The lowest BCUT2D eigenvalue weighted by molar-refractivity contribution is -0.164. The third-order valence-electron chi connectivity index (χ3n) is 8.81. The summed E-state index contributed by atoms with van der Waals surface area (Å²) in [5, 5.41) is 0. The molecular weight excluding hydrogens is 380 g/mol. The molecule has 4 rings (SSSR count). The highest BCUT2D eigenvalue weighted by Crippen LogP contribution is 2.65. The van der Waals surface area contributed by atoms with Crippen LogP contribution in [0.15, 0.2) is 23.8 Å². The summed E-state index contributed by atoms with van der Waals surface area (Å²) in [5.41, 5.74) is 1.35. The summed E-state index contributed by atoms with van der Waals surface area (Å²) in [6, 6.07) is 0. The minimum Gasteiger partial charge on any atom is -0.462 e. The van der Waals surface area contributed by atoms with E-state index >= 15 is 0 Å². The number of carbonyl (C=O) groups excluding carboxylic acids is 3. The smallest absolute Gasteiger partial charge is 0.303 e. The molecule has 164 valence electrons. The summed E-state index contributed by atoms with van der Waals surface area (Å²) >= 11 is 0. The van der Waals surface area contributed by atoms with Crippen molar-refractivity contribution in [1.82, 2.24) is 0 Å². The maximum atomic E-state index is 12.0. The molecule has 2 saturated carbocycles. The minimum atomic E-state index is -0.385. The van der Waals surface area contributed by atoms with Crippen LogP contribution in [0.25, 0.3) is 0 Å². The standard InChI is InChI=1S/C25H34O5/c1-15(26)29-14-23(30-16(2)27)22-8-7-20-19-6-5-17-13-18(28)9-11-24(17,3)21(19)10-12-25(20,22)4/h5-6,13,19-23H,7-12,14H2,1-4H3/t19-,20-,21-,22+,23-,24-,25-/m0/s1. The van der Waals surface area contributed by atoms with Gasteiger partial charge in [0.25, 0.3) is 0 Å². The van der Waals surface area contributed by atoms with Crippen LogP contribution in [0.4, 0.5) is 0 Å². The lowest BCUT2D eigenvalue weighted by Gasteiger charge is -2.56. The second-order valence-corrected chi connectivity index (χ2v) is 10.3. The Hall–Kier alpha value is -1.91. The van der Waals surface area contributed by atoms with Gasteiger partial charge in [0, 0.05) is 26.2 Å². The van der Waals surface area contributed by atoms with E-state index < -0.39 is 0 Å². The molecular formula is C25H34O5. The second kappa shape index (κ2) is 7.65. The summed E-state index contributed by atoms with van der Waals surface area (Å²) in [4.78, 5) is 35.1. The number of fused-ring (bicyclic) bond motifs is 5. The highest BCUT2D eigenvalue weighted by atomic mass is 16.6. The Morgan fingerprint density at radius 2 is 1.87 bits per heavy atom. The van der Waals surface area contributed by atoms with Crippen molar-refractivity contribution in [3.63, 3.8) is 0 Å². The average Bonchev–Trinajstić information content (AvgIpc) is 3.02. The molecule has 0 aliphatic heterocycles. The molecule has 0 saturated heterocycles. The van der Waals surface area contributed by atoms with E-state index in [1.807, 2.05) is 6.08 Å². The fourth-order valence-corrected chi connectivity index (χ4v) is 7.29. The lowest BCUT2D eigenvalue weighted by Crippen LogP contribution is -2.50. The SMILES string of the molecule is CC(=O)OC[C@H](OC(C)=O)[C@H]1CC[C@H]2[C@@H]3C=CC4=CC(=O)CC[C@]4(C)[C@H]3CC[C@]12C. The van der Waals surface area contributed by atoms with Crippen LogP contribution >= 0.6 is 0 Å². The van der Waals surface area contributed by atoms with Crippen molar-refractivity contribution in [3.05, 3.63) is 23.8 Å². The first-order valence-corrected chi connectivity index (χ1v) is 11.4. The molecule has 0 amide bonds. The Morgan fingerprint density at radius 1 is 1.10 bits per heavy atom. The maximum Gasteiger partial charge on any atom is 0.303 e. The van der Waals surface area contributed by atoms with Gasteiger partial charge >= 0.3 is 11.9 Å². The molecule has 0 aromatic carbocycles. The Morgan fingerprint density at radius 3 is 2.57 bits per heavy atom. The van der Waals surface area contributed by atoms with E-state index in [1.54, 1.807) is 0 Å². The van der Waals surface area contributed by atoms with E-state index in [-0.39, 0.29) is 47.2 Å². The summed E-state index contributed by atoms with van der Waals surface area (Å²) in [6.07, 6.45) is 11.9. The largest absolute Gasteiger partial charge is 0.462 e. The van der Waals surface area contributed by atoms with Gasteiger partial charge in [0.05, 0.1) is 0 Å². The van der Waals surface area contributed by atoms with E-state index in [0.29, 0.717) is 24.2 Å². The van der Waals surface area contributed by atoms with Crippen LogP contribution in [0, 0.1) is 34.5 Å². The molecule has 4 aliphatic carbocycles. The molecule has 5 heteroatoms. The number of rotatable bonds is 4. The Labute approximate surface area is 179 Å². The summed E-state index contributed by atoms with van der Waals surface area (Å²) in [7, 11) is 0. The number of ketones is 1. The van der Waals surface area contributed by atoms with Crippen LogP contribution in [-0.4, -0.2) is 30.4 Å². The first kappa shape index (κ1) is 21.3. The molecule has 0 unspecified atom stereocenters. The summed E-state index contributed by atoms with van der Waals surface area (Å²) in [5.74, 6) is 1.34. The molecule has 0 aromatic rings. The molecule has 0 radical (unpaired) electrons. The second-order valence-electron chi connectivity index (χ2n) is 10.3. The van der Waals surface area contributed by atoms with E-state index in [0.717, 1.165) is 32.1 Å². The highest BCUT2D eigenvalue weighted by Gasteiger charge is 2.59. The fraction of sp³-hybridized carbons (Fsp3) is 0.720. The molecule has 4 aliphatic rings. The first-order valence-electron chi connectivity index (χ1n) is 11.4. The molecule has 5 nitrogen and oxygen atoms in total. The Kier molecular flexibility index (Phi) is 5.44. The molecule has 0 N–H and O–H groups in total. The number of hydrogen-bond acceptors (Lipinski definition) is 5. The zero-order chi connectivity index (χ0) is 21.7. The van der Waals surface area contributed by atoms with E-state index in [2.05, 4.69) is 26.0 Å². The van der Waals surface area contributed by atoms with Crippen LogP contribution in [-0.2, 0) is 23.9 Å². The monoisotopic (exact) mass is 414 g/mol.